The molecule has 1 aliphatic rings. The van der Waals surface area contributed by atoms with Gasteiger partial charge in [0, 0.05) is 44.5 Å². The predicted octanol–water partition coefficient (Wildman–Crippen LogP) is 3.34. The fourth-order valence-electron chi connectivity index (χ4n) is 4.20. The van der Waals surface area contributed by atoms with Crippen molar-refractivity contribution in [1.82, 2.24) is 14.5 Å². The van der Waals surface area contributed by atoms with E-state index in [1.54, 1.807) is 0 Å². The smallest absolute Gasteiger partial charge is 0.327 e. The van der Waals surface area contributed by atoms with Gasteiger partial charge in [-0.25, -0.2) is 4.98 Å². The largest absolute Gasteiger partial charge is 0.480 e. The average Bonchev–Trinajstić information content (AvgIpc) is 3.04. The highest BCUT2D eigenvalue weighted by Gasteiger charge is 2.34. The van der Waals surface area contributed by atoms with Crippen LogP contribution < -0.4 is 4.90 Å². The van der Waals surface area contributed by atoms with Crippen LogP contribution in [0.4, 0.5) is 5.69 Å². The first-order valence-corrected chi connectivity index (χ1v) is 9.91. The molecule has 3 aromatic rings. The molecule has 1 saturated heterocycles. The van der Waals surface area contributed by atoms with Crippen molar-refractivity contribution in [3.63, 3.8) is 0 Å². The van der Waals surface area contributed by atoms with Gasteiger partial charge in [-0.2, -0.15) is 0 Å². The maximum atomic E-state index is 12.3. The Kier molecular flexibility index (Phi) is 5.36. The maximum Gasteiger partial charge on any atom is 0.327 e. The molecule has 2 aromatic carbocycles. The van der Waals surface area contributed by atoms with Crippen molar-refractivity contribution < 1.29 is 9.90 Å². The van der Waals surface area contributed by atoms with Gasteiger partial charge in [-0.15, -0.1) is 0 Å². The number of carboxylic acid groups (broad SMARTS) is 1. The molecule has 0 aliphatic carbocycles. The van der Waals surface area contributed by atoms with Crippen LogP contribution in [0.25, 0.3) is 11.4 Å². The number of carboxylic acids is 1. The topological polar surface area (TPSA) is 61.6 Å². The average molecular weight is 390 g/mol. The Morgan fingerprint density at radius 2 is 1.55 bits per heavy atom. The van der Waals surface area contributed by atoms with Crippen LogP contribution in [0.5, 0.6) is 0 Å². The van der Waals surface area contributed by atoms with Crippen molar-refractivity contribution in [3.05, 3.63) is 72.1 Å². The number of hydrogen-bond donors (Lipinski definition) is 1. The van der Waals surface area contributed by atoms with E-state index in [4.69, 9.17) is 4.98 Å². The summed E-state index contributed by atoms with van der Waals surface area (Å²) in [7, 11) is 1.91. The Labute approximate surface area is 171 Å². The maximum absolute atomic E-state index is 12.3. The highest BCUT2D eigenvalue weighted by atomic mass is 16.4. The third-order valence-electron chi connectivity index (χ3n) is 5.65. The van der Waals surface area contributed by atoms with Crippen LogP contribution in [0, 0.1) is 6.92 Å². The van der Waals surface area contributed by atoms with E-state index in [0.717, 1.165) is 35.9 Å². The molecule has 0 amide bonds. The molecule has 1 aliphatic heterocycles. The molecule has 6 heteroatoms. The minimum Gasteiger partial charge on any atom is -0.480 e. The van der Waals surface area contributed by atoms with E-state index in [1.807, 2.05) is 67.1 Å². The SMILES string of the molecule is Cc1nc(-c2ccccc2)n(C)c1C(C(=O)O)N1CCN(c2ccccc2)CC1. The number of benzene rings is 2. The Balaban J connectivity index is 1.60. The van der Waals surface area contributed by atoms with Crippen LogP contribution in [0.2, 0.25) is 0 Å². The van der Waals surface area contributed by atoms with Gasteiger partial charge in [0.05, 0.1) is 11.4 Å². The summed E-state index contributed by atoms with van der Waals surface area (Å²) in [6.07, 6.45) is 0. The summed E-state index contributed by atoms with van der Waals surface area (Å²) in [4.78, 5) is 21.4. The van der Waals surface area contributed by atoms with Crippen molar-refractivity contribution in [3.8, 4) is 11.4 Å². The highest BCUT2D eigenvalue weighted by Crippen LogP contribution is 2.30. The molecule has 150 valence electrons. The second-order valence-electron chi connectivity index (χ2n) is 7.43. The summed E-state index contributed by atoms with van der Waals surface area (Å²) >= 11 is 0. The Hall–Kier alpha value is -3.12. The van der Waals surface area contributed by atoms with E-state index >= 15 is 0 Å². The van der Waals surface area contributed by atoms with Gasteiger partial charge in [0.25, 0.3) is 0 Å². The molecule has 0 saturated carbocycles. The molecule has 1 N–H and O–H groups in total. The van der Waals surface area contributed by atoms with E-state index in [9.17, 15) is 9.90 Å². The standard InChI is InChI=1S/C23H26N4O2/c1-17-20(25(2)22(24-17)18-9-5-3-6-10-18)21(23(28)29)27-15-13-26(14-16-27)19-11-7-4-8-12-19/h3-12,21H,13-16H2,1-2H3,(H,28,29). The van der Waals surface area contributed by atoms with Crippen LogP contribution in [0.3, 0.4) is 0 Å². The summed E-state index contributed by atoms with van der Waals surface area (Å²) in [5, 5.41) is 10.1. The third-order valence-corrected chi connectivity index (χ3v) is 5.65. The fraction of sp³-hybridized carbons (Fsp3) is 0.304. The second-order valence-corrected chi connectivity index (χ2v) is 7.43. The van der Waals surface area contributed by atoms with Crippen LogP contribution in [0.15, 0.2) is 60.7 Å². The highest BCUT2D eigenvalue weighted by molar-refractivity contribution is 5.76. The molecule has 1 fully saturated rings. The zero-order valence-corrected chi connectivity index (χ0v) is 16.8. The lowest BCUT2D eigenvalue weighted by atomic mass is 10.1. The molecular formula is C23H26N4O2. The van der Waals surface area contributed by atoms with Crippen molar-refractivity contribution in [1.29, 1.82) is 0 Å². The van der Waals surface area contributed by atoms with E-state index < -0.39 is 12.0 Å². The lowest BCUT2D eigenvalue weighted by Crippen LogP contribution is -2.49. The number of imidazole rings is 1. The molecule has 4 rings (SSSR count). The summed E-state index contributed by atoms with van der Waals surface area (Å²) in [5.74, 6) is -0.0313. The number of aryl methyl sites for hydroxylation is 1. The Morgan fingerprint density at radius 1 is 0.966 bits per heavy atom. The number of hydrogen-bond acceptors (Lipinski definition) is 4. The molecule has 6 nitrogen and oxygen atoms in total. The molecule has 0 bridgehead atoms. The summed E-state index contributed by atoms with van der Waals surface area (Å²) < 4.78 is 1.94. The van der Waals surface area contributed by atoms with E-state index in [-0.39, 0.29) is 0 Å². The van der Waals surface area contributed by atoms with Crippen molar-refractivity contribution >= 4 is 11.7 Å². The van der Waals surface area contributed by atoms with Crippen LogP contribution >= 0.6 is 0 Å². The van der Waals surface area contributed by atoms with Gasteiger partial charge in [0.1, 0.15) is 5.82 Å². The van der Waals surface area contributed by atoms with Gasteiger partial charge in [0.2, 0.25) is 0 Å². The van der Waals surface area contributed by atoms with Crippen LogP contribution in [0.1, 0.15) is 17.4 Å². The lowest BCUT2D eigenvalue weighted by Gasteiger charge is -2.39. The first-order chi connectivity index (χ1) is 14.1. The normalized spacial score (nSPS) is 16.0. The number of aromatic nitrogens is 2. The van der Waals surface area contributed by atoms with Gasteiger partial charge < -0.3 is 14.6 Å². The molecule has 1 unspecified atom stereocenters. The van der Waals surface area contributed by atoms with Crippen LogP contribution in [-0.4, -0.2) is 51.7 Å². The van der Waals surface area contributed by atoms with Crippen molar-refractivity contribution in [2.24, 2.45) is 7.05 Å². The molecule has 1 aromatic heterocycles. The van der Waals surface area contributed by atoms with E-state index in [2.05, 4.69) is 21.9 Å². The quantitative estimate of drug-likeness (QED) is 0.724. The Bertz CT molecular complexity index is 977. The molecule has 29 heavy (non-hydrogen) atoms. The minimum absolute atomic E-state index is 0.692. The molecular weight excluding hydrogens is 364 g/mol. The predicted molar refractivity (Wildman–Crippen MR) is 114 cm³/mol. The van der Waals surface area contributed by atoms with Gasteiger partial charge in [-0.05, 0) is 19.1 Å². The molecule has 1 atom stereocenters. The number of anilines is 1. The second kappa shape index (κ2) is 8.09. The van der Waals surface area contributed by atoms with Gasteiger partial charge in [-0.1, -0.05) is 48.5 Å². The number of rotatable bonds is 5. The monoisotopic (exact) mass is 390 g/mol. The zero-order valence-electron chi connectivity index (χ0n) is 16.8. The van der Waals surface area contributed by atoms with Crippen LogP contribution in [-0.2, 0) is 11.8 Å². The number of piperazine rings is 1. The summed E-state index contributed by atoms with van der Waals surface area (Å²) in [5.41, 5.74) is 3.69. The van der Waals surface area contributed by atoms with E-state index in [0.29, 0.717) is 13.1 Å². The number of carbonyl (C=O) groups is 1. The first kappa shape index (κ1) is 19.2. The molecule has 0 radical (unpaired) electrons. The summed E-state index contributed by atoms with van der Waals surface area (Å²) in [6.45, 7) is 4.89. The third kappa shape index (κ3) is 3.76. The van der Waals surface area contributed by atoms with Crippen molar-refractivity contribution in [2.45, 2.75) is 13.0 Å². The summed E-state index contributed by atoms with van der Waals surface area (Å²) in [6, 6.07) is 19.5. The zero-order chi connectivity index (χ0) is 20.4. The lowest BCUT2D eigenvalue weighted by molar-refractivity contribution is -0.144. The molecule has 0 spiro atoms. The fourth-order valence-corrected chi connectivity index (χ4v) is 4.20. The van der Waals surface area contributed by atoms with Crippen molar-refractivity contribution in [2.75, 3.05) is 31.1 Å². The number of aliphatic carboxylic acids is 1. The first-order valence-electron chi connectivity index (χ1n) is 9.91. The van der Waals surface area contributed by atoms with Gasteiger partial charge in [-0.3, -0.25) is 9.69 Å². The molecule has 2 heterocycles. The van der Waals surface area contributed by atoms with Gasteiger partial charge >= 0.3 is 5.97 Å². The number of para-hydroxylation sites is 1. The minimum atomic E-state index is -0.830. The Morgan fingerprint density at radius 3 is 2.14 bits per heavy atom. The van der Waals surface area contributed by atoms with E-state index in [1.165, 1.54) is 5.69 Å². The van der Waals surface area contributed by atoms with Gasteiger partial charge in [0.15, 0.2) is 6.04 Å². The number of nitrogens with zero attached hydrogens (tertiary/aromatic N) is 4.